The van der Waals surface area contributed by atoms with Gasteiger partial charge < -0.3 is 9.64 Å². The van der Waals surface area contributed by atoms with E-state index >= 15 is 0 Å². The lowest BCUT2D eigenvalue weighted by molar-refractivity contribution is -0.138. The van der Waals surface area contributed by atoms with Crippen LogP contribution in [0.25, 0.3) is 16.6 Å². The summed E-state index contributed by atoms with van der Waals surface area (Å²) in [7, 11) is 0. The Morgan fingerprint density at radius 1 is 1.00 bits per heavy atom. The number of ether oxygens (including phenoxy) is 1. The van der Waals surface area contributed by atoms with Crippen molar-refractivity contribution in [3.63, 3.8) is 0 Å². The van der Waals surface area contributed by atoms with Crippen molar-refractivity contribution < 1.29 is 9.53 Å². The molecule has 2 heterocycles. The van der Waals surface area contributed by atoms with Gasteiger partial charge in [0.25, 0.3) is 11.5 Å². The highest BCUT2D eigenvalue weighted by atomic mass is 16.5. The fraction of sp³-hybridized carbons (Fsp3) is 0.344. The average Bonchev–Trinajstić information content (AvgIpc) is 2.92. The van der Waals surface area contributed by atoms with Crippen LogP contribution in [0.5, 0.6) is 5.75 Å². The molecule has 1 aromatic heterocycles. The lowest BCUT2D eigenvalue weighted by Crippen LogP contribution is -2.55. The van der Waals surface area contributed by atoms with Gasteiger partial charge in [-0.2, -0.15) is 0 Å². The van der Waals surface area contributed by atoms with Crippen molar-refractivity contribution in [1.82, 2.24) is 19.4 Å². The number of carbonyl (C=O) groups is 1. The molecule has 0 N–H and O–H groups in total. The van der Waals surface area contributed by atoms with E-state index in [1.54, 1.807) is 4.57 Å². The van der Waals surface area contributed by atoms with E-state index in [0.717, 1.165) is 22.4 Å². The number of fused-ring (bicyclic) bond motifs is 1. The molecular weight excluding hydrogens is 488 g/mol. The summed E-state index contributed by atoms with van der Waals surface area (Å²) in [4.78, 5) is 36.1. The molecule has 0 radical (unpaired) electrons. The summed E-state index contributed by atoms with van der Waals surface area (Å²) in [6.45, 7) is 12.2. The highest BCUT2D eigenvalue weighted by Gasteiger charge is 2.32. The standard InChI is InChI=1S/C32H36N4O3/c1-21-10-13-26(14-11-21)39-20-30(37)35-17-16-34(19-24(35)4)25(5)31-33-28-9-7-6-8-27(28)32(38)36(31)29-15-12-22(2)18-23(29)3/h6-15,18,24-25H,16-17,19-20H2,1-5H3. The van der Waals surface area contributed by atoms with Crippen LogP contribution in [0, 0.1) is 20.8 Å². The Balaban J connectivity index is 1.39. The Morgan fingerprint density at radius 3 is 2.44 bits per heavy atom. The van der Waals surface area contributed by atoms with Crippen LogP contribution in [-0.4, -0.2) is 57.5 Å². The molecule has 39 heavy (non-hydrogen) atoms. The molecule has 2 atom stereocenters. The molecule has 4 aromatic rings. The fourth-order valence-electron chi connectivity index (χ4n) is 5.45. The van der Waals surface area contributed by atoms with Crippen molar-refractivity contribution >= 4 is 16.8 Å². The molecule has 7 heteroatoms. The molecule has 202 valence electrons. The number of piperazine rings is 1. The van der Waals surface area contributed by atoms with Crippen LogP contribution in [0.15, 0.2) is 71.5 Å². The lowest BCUT2D eigenvalue weighted by Gasteiger charge is -2.42. The number of aromatic nitrogens is 2. The van der Waals surface area contributed by atoms with Crippen LogP contribution < -0.4 is 10.3 Å². The summed E-state index contributed by atoms with van der Waals surface area (Å²) < 4.78 is 7.53. The predicted octanol–water partition coefficient (Wildman–Crippen LogP) is 4.98. The number of benzene rings is 3. The van der Waals surface area contributed by atoms with Crippen LogP contribution >= 0.6 is 0 Å². The zero-order chi connectivity index (χ0) is 27.7. The van der Waals surface area contributed by atoms with Gasteiger partial charge in [0.15, 0.2) is 6.61 Å². The van der Waals surface area contributed by atoms with Gasteiger partial charge in [0, 0.05) is 25.7 Å². The minimum Gasteiger partial charge on any atom is -0.484 e. The second-order valence-electron chi connectivity index (χ2n) is 10.6. The van der Waals surface area contributed by atoms with Crippen LogP contribution in [-0.2, 0) is 4.79 Å². The Morgan fingerprint density at radius 2 is 1.72 bits per heavy atom. The zero-order valence-corrected chi connectivity index (χ0v) is 23.3. The van der Waals surface area contributed by atoms with Crippen LogP contribution in [0.2, 0.25) is 0 Å². The maximum absolute atomic E-state index is 13.8. The summed E-state index contributed by atoms with van der Waals surface area (Å²) >= 11 is 0. The molecule has 0 saturated carbocycles. The first kappa shape index (κ1) is 26.6. The minimum atomic E-state index is -0.133. The first-order valence-corrected chi connectivity index (χ1v) is 13.5. The summed E-state index contributed by atoms with van der Waals surface area (Å²) in [6.07, 6.45) is 0. The van der Waals surface area contributed by atoms with Gasteiger partial charge >= 0.3 is 0 Å². The van der Waals surface area contributed by atoms with E-state index in [1.165, 1.54) is 0 Å². The number of carbonyl (C=O) groups excluding carboxylic acids is 1. The monoisotopic (exact) mass is 524 g/mol. The van der Waals surface area contributed by atoms with Gasteiger partial charge in [-0.05, 0) is 70.5 Å². The molecule has 3 aromatic carbocycles. The third-order valence-corrected chi connectivity index (χ3v) is 7.68. The molecule has 1 aliphatic heterocycles. The molecule has 1 saturated heterocycles. The number of hydrogen-bond donors (Lipinski definition) is 0. The van der Waals surface area contributed by atoms with Gasteiger partial charge in [-0.3, -0.25) is 19.1 Å². The molecule has 0 bridgehead atoms. The highest BCUT2D eigenvalue weighted by molar-refractivity contribution is 5.79. The maximum Gasteiger partial charge on any atom is 0.266 e. The average molecular weight is 525 g/mol. The predicted molar refractivity (Wildman–Crippen MR) is 155 cm³/mol. The third-order valence-electron chi connectivity index (χ3n) is 7.68. The summed E-state index contributed by atoms with van der Waals surface area (Å²) in [5, 5.41) is 0.603. The summed E-state index contributed by atoms with van der Waals surface area (Å²) in [5.41, 5.74) is 4.80. The molecule has 1 aliphatic rings. The zero-order valence-electron chi connectivity index (χ0n) is 23.3. The Bertz CT molecular complexity index is 1560. The molecule has 5 rings (SSSR count). The number of hydrogen-bond acceptors (Lipinski definition) is 5. The summed E-state index contributed by atoms with van der Waals surface area (Å²) in [6, 6.07) is 21.2. The molecule has 1 amide bonds. The van der Waals surface area contributed by atoms with E-state index < -0.39 is 0 Å². The van der Waals surface area contributed by atoms with Gasteiger partial charge in [0.05, 0.1) is 22.6 Å². The third kappa shape index (κ3) is 5.45. The van der Waals surface area contributed by atoms with E-state index in [0.29, 0.717) is 42.1 Å². The molecule has 7 nitrogen and oxygen atoms in total. The summed E-state index contributed by atoms with van der Waals surface area (Å²) in [5.74, 6) is 1.38. The Hall–Kier alpha value is -3.97. The molecular formula is C32H36N4O3. The van der Waals surface area contributed by atoms with Gasteiger partial charge in [-0.1, -0.05) is 47.5 Å². The number of amides is 1. The molecule has 1 fully saturated rings. The first-order valence-electron chi connectivity index (χ1n) is 13.5. The van der Waals surface area contributed by atoms with Crippen molar-refractivity contribution in [2.75, 3.05) is 26.2 Å². The number of aryl methyl sites for hydroxylation is 3. The van der Waals surface area contributed by atoms with Gasteiger partial charge in [-0.25, -0.2) is 4.98 Å². The Kier molecular flexibility index (Phi) is 7.53. The molecule has 2 unspecified atom stereocenters. The van der Waals surface area contributed by atoms with Crippen LogP contribution in [0.3, 0.4) is 0 Å². The number of para-hydroxylation sites is 1. The minimum absolute atomic E-state index is 0.00272. The lowest BCUT2D eigenvalue weighted by atomic mass is 10.1. The fourth-order valence-corrected chi connectivity index (χ4v) is 5.45. The smallest absolute Gasteiger partial charge is 0.266 e. The maximum atomic E-state index is 13.8. The Labute approximate surface area is 229 Å². The van der Waals surface area contributed by atoms with E-state index in [-0.39, 0.29) is 30.2 Å². The van der Waals surface area contributed by atoms with Crippen molar-refractivity contribution in [1.29, 1.82) is 0 Å². The molecule has 0 spiro atoms. The second-order valence-corrected chi connectivity index (χ2v) is 10.6. The first-order chi connectivity index (χ1) is 18.7. The SMILES string of the molecule is Cc1ccc(OCC(=O)N2CCN(C(C)c3nc4ccccc4c(=O)n3-c3ccc(C)cc3C)CC2C)cc1. The van der Waals surface area contributed by atoms with E-state index in [1.807, 2.05) is 79.4 Å². The van der Waals surface area contributed by atoms with Crippen molar-refractivity contribution in [3.8, 4) is 11.4 Å². The van der Waals surface area contributed by atoms with E-state index in [9.17, 15) is 9.59 Å². The normalized spacial score (nSPS) is 16.8. The second kappa shape index (κ2) is 11.0. The van der Waals surface area contributed by atoms with Gasteiger partial charge in [-0.15, -0.1) is 0 Å². The van der Waals surface area contributed by atoms with Crippen LogP contribution in [0.4, 0.5) is 0 Å². The molecule has 0 aliphatic carbocycles. The van der Waals surface area contributed by atoms with E-state index in [2.05, 4.69) is 31.7 Å². The van der Waals surface area contributed by atoms with Gasteiger partial charge in [0.1, 0.15) is 11.6 Å². The quantitative estimate of drug-likeness (QED) is 0.356. The number of rotatable bonds is 6. The van der Waals surface area contributed by atoms with Crippen molar-refractivity contribution in [3.05, 3.63) is 99.6 Å². The van der Waals surface area contributed by atoms with Crippen molar-refractivity contribution in [2.45, 2.75) is 46.7 Å². The van der Waals surface area contributed by atoms with Crippen molar-refractivity contribution in [2.24, 2.45) is 0 Å². The largest absolute Gasteiger partial charge is 0.484 e. The van der Waals surface area contributed by atoms with Crippen LogP contribution in [0.1, 0.15) is 42.4 Å². The highest BCUT2D eigenvalue weighted by Crippen LogP contribution is 2.27. The topological polar surface area (TPSA) is 67.7 Å². The van der Waals surface area contributed by atoms with E-state index in [4.69, 9.17) is 9.72 Å². The number of nitrogens with zero attached hydrogens (tertiary/aromatic N) is 4. The van der Waals surface area contributed by atoms with Gasteiger partial charge in [0.2, 0.25) is 0 Å².